The van der Waals surface area contributed by atoms with E-state index in [-0.39, 0.29) is 5.54 Å². The van der Waals surface area contributed by atoms with Crippen LogP contribution in [0, 0.1) is 0 Å². The van der Waals surface area contributed by atoms with Crippen LogP contribution in [0.2, 0.25) is 0 Å². The third kappa shape index (κ3) is 2.32. The summed E-state index contributed by atoms with van der Waals surface area (Å²) in [6, 6.07) is 11.2. The lowest BCUT2D eigenvalue weighted by atomic mass is 9.98. The van der Waals surface area contributed by atoms with Gasteiger partial charge in [-0.15, -0.1) is 0 Å². The van der Waals surface area contributed by atoms with Crippen LogP contribution in [0.4, 0.5) is 5.69 Å². The van der Waals surface area contributed by atoms with Gasteiger partial charge in [0.1, 0.15) is 0 Å². The summed E-state index contributed by atoms with van der Waals surface area (Å²) in [5.74, 6) is 0. The Morgan fingerprint density at radius 3 is 2.60 bits per heavy atom. The highest BCUT2D eigenvalue weighted by molar-refractivity contribution is 5.48. The summed E-state index contributed by atoms with van der Waals surface area (Å²) in [7, 11) is 0. The summed E-state index contributed by atoms with van der Waals surface area (Å²) in [6.07, 6.45) is 0. The van der Waals surface area contributed by atoms with Crippen LogP contribution in [-0.4, -0.2) is 24.7 Å². The Labute approximate surface area is 92.3 Å². The van der Waals surface area contributed by atoms with Crippen molar-refractivity contribution in [1.29, 1.82) is 0 Å². The van der Waals surface area contributed by atoms with E-state index in [0.717, 1.165) is 13.1 Å². The van der Waals surface area contributed by atoms with Crippen LogP contribution >= 0.6 is 0 Å². The molecule has 1 N–H and O–H groups in total. The van der Waals surface area contributed by atoms with E-state index < -0.39 is 0 Å². The summed E-state index contributed by atoms with van der Waals surface area (Å²) < 4.78 is 0. The average Bonchev–Trinajstić information content (AvgIpc) is 2.23. The highest BCUT2D eigenvalue weighted by Gasteiger charge is 2.29. The van der Waals surface area contributed by atoms with Crippen molar-refractivity contribution in [2.24, 2.45) is 0 Å². The molecular weight excluding hydrogens is 184 g/mol. The number of hydrogen-bond acceptors (Lipinski definition) is 2. The summed E-state index contributed by atoms with van der Waals surface area (Å²) in [4.78, 5) is 2.48. The van der Waals surface area contributed by atoms with Crippen molar-refractivity contribution < 1.29 is 0 Å². The van der Waals surface area contributed by atoms with Gasteiger partial charge >= 0.3 is 0 Å². The summed E-state index contributed by atoms with van der Waals surface area (Å²) in [5, 5.41) is 3.57. The first-order chi connectivity index (χ1) is 7.08. The second kappa shape index (κ2) is 3.86. The van der Waals surface area contributed by atoms with E-state index >= 15 is 0 Å². The number of nitrogens with zero attached hydrogens (tertiary/aromatic N) is 1. The molecule has 1 aliphatic heterocycles. The van der Waals surface area contributed by atoms with Crippen LogP contribution in [0.25, 0.3) is 0 Å². The van der Waals surface area contributed by atoms with Crippen LogP contribution in [0.3, 0.4) is 0 Å². The Morgan fingerprint density at radius 1 is 1.27 bits per heavy atom. The zero-order valence-corrected chi connectivity index (χ0v) is 9.83. The molecule has 0 saturated carbocycles. The monoisotopic (exact) mass is 204 g/mol. The number of rotatable bonds is 1. The molecule has 82 valence electrons. The fraction of sp³-hybridized carbons (Fsp3) is 0.538. The molecule has 0 aromatic heterocycles. The standard InChI is InChI=1S/C13H20N2/c1-11-9-14-13(2,3)10-15(11)12-7-5-4-6-8-12/h4-8,11,14H,9-10H2,1-3H3. The Morgan fingerprint density at radius 2 is 1.93 bits per heavy atom. The molecule has 0 aliphatic carbocycles. The van der Waals surface area contributed by atoms with Crippen LogP contribution in [0.5, 0.6) is 0 Å². The quantitative estimate of drug-likeness (QED) is 0.755. The first-order valence-corrected chi connectivity index (χ1v) is 5.65. The molecule has 0 radical (unpaired) electrons. The minimum atomic E-state index is 0.211. The van der Waals surface area contributed by atoms with Gasteiger partial charge in [-0.1, -0.05) is 18.2 Å². The van der Waals surface area contributed by atoms with Crippen LogP contribution < -0.4 is 10.2 Å². The molecule has 1 aromatic carbocycles. The van der Waals surface area contributed by atoms with E-state index in [9.17, 15) is 0 Å². The predicted octanol–water partition coefficient (Wildman–Crippen LogP) is 2.26. The van der Waals surface area contributed by atoms with Crippen molar-refractivity contribution in [3.05, 3.63) is 30.3 Å². The molecule has 1 heterocycles. The molecule has 0 amide bonds. The molecule has 2 rings (SSSR count). The molecule has 15 heavy (non-hydrogen) atoms. The highest BCUT2D eigenvalue weighted by atomic mass is 15.2. The van der Waals surface area contributed by atoms with Crippen molar-refractivity contribution in [2.45, 2.75) is 32.4 Å². The third-order valence-corrected chi connectivity index (χ3v) is 3.06. The van der Waals surface area contributed by atoms with Gasteiger partial charge in [-0.3, -0.25) is 0 Å². The maximum atomic E-state index is 3.57. The lowest BCUT2D eigenvalue weighted by molar-refractivity contribution is 0.318. The predicted molar refractivity (Wildman–Crippen MR) is 65.3 cm³/mol. The number of piperazine rings is 1. The number of anilines is 1. The van der Waals surface area contributed by atoms with E-state index in [0.29, 0.717) is 6.04 Å². The van der Waals surface area contributed by atoms with Gasteiger partial charge in [0, 0.05) is 30.4 Å². The van der Waals surface area contributed by atoms with Gasteiger partial charge in [-0.25, -0.2) is 0 Å². The molecule has 0 bridgehead atoms. The van der Waals surface area contributed by atoms with E-state index in [1.165, 1.54) is 5.69 Å². The average molecular weight is 204 g/mol. The van der Waals surface area contributed by atoms with Crippen molar-refractivity contribution in [1.82, 2.24) is 5.32 Å². The zero-order chi connectivity index (χ0) is 10.9. The second-order valence-corrected chi connectivity index (χ2v) is 5.08. The Bertz CT molecular complexity index is 319. The lowest BCUT2D eigenvalue weighted by Gasteiger charge is -2.44. The third-order valence-electron chi connectivity index (χ3n) is 3.06. The molecule has 2 heteroatoms. The topological polar surface area (TPSA) is 15.3 Å². The number of benzene rings is 1. The molecule has 1 unspecified atom stereocenters. The van der Waals surface area contributed by atoms with E-state index in [4.69, 9.17) is 0 Å². The van der Waals surface area contributed by atoms with Gasteiger partial charge in [-0.05, 0) is 32.9 Å². The first kappa shape index (κ1) is 10.5. The van der Waals surface area contributed by atoms with Gasteiger partial charge in [0.2, 0.25) is 0 Å². The molecule has 1 saturated heterocycles. The maximum Gasteiger partial charge on any atom is 0.0387 e. The van der Waals surface area contributed by atoms with Gasteiger partial charge in [0.15, 0.2) is 0 Å². The fourth-order valence-corrected chi connectivity index (χ4v) is 2.14. The number of para-hydroxylation sites is 1. The zero-order valence-electron chi connectivity index (χ0n) is 9.83. The molecule has 1 fully saturated rings. The lowest BCUT2D eigenvalue weighted by Crippen LogP contribution is -2.61. The molecule has 1 atom stereocenters. The first-order valence-electron chi connectivity index (χ1n) is 5.65. The molecule has 2 nitrogen and oxygen atoms in total. The normalized spacial score (nSPS) is 25.3. The summed E-state index contributed by atoms with van der Waals surface area (Å²) >= 11 is 0. The molecule has 1 aromatic rings. The van der Waals surface area contributed by atoms with Crippen molar-refractivity contribution in [3.8, 4) is 0 Å². The minimum absolute atomic E-state index is 0.211. The molecule has 0 spiro atoms. The van der Waals surface area contributed by atoms with Gasteiger partial charge in [0.25, 0.3) is 0 Å². The number of nitrogens with one attached hydrogen (secondary N) is 1. The van der Waals surface area contributed by atoms with E-state index in [1.807, 2.05) is 0 Å². The smallest absolute Gasteiger partial charge is 0.0387 e. The Balaban J connectivity index is 2.20. The highest BCUT2D eigenvalue weighted by Crippen LogP contribution is 2.22. The van der Waals surface area contributed by atoms with Gasteiger partial charge < -0.3 is 10.2 Å². The van der Waals surface area contributed by atoms with Crippen LogP contribution in [0.15, 0.2) is 30.3 Å². The minimum Gasteiger partial charge on any atom is -0.366 e. The molecular formula is C13H20N2. The maximum absolute atomic E-state index is 3.57. The van der Waals surface area contributed by atoms with Crippen molar-refractivity contribution in [3.63, 3.8) is 0 Å². The molecule has 1 aliphatic rings. The number of hydrogen-bond donors (Lipinski definition) is 1. The summed E-state index contributed by atoms with van der Waals surface area (Å²) in [6.45, 7) is 8.92. The van der Waals surface area contributed by atoms with Gasteiger partial charge in [0.05, 0.1) is 0 Å². The largest absolute Gasteiger partial charge is 0.366 e. The van der Waals surface area contributed by atoms with Crippen molar-refractivity contribution >= 4 is 5.69 Å². The Hall–Kier alpha value is -1.02. The fourth-order valence-electron chi connectivity index (χ4n) is 2.14. The van der Waals surface area contributed by atoms with Gasteiger partial charge in [-0.2, -0.15) is 0 Å². The van der Waals surface area contributed by atoms with Crippen LogP contribution in [0.1, 0.15) is 20.8 Å². The van der Waals surface area contributed by atoms with Crippen molar-refractivity contribution in [2.75, 3.05) is 18.0 Å². The second-order valence-electron chi connectivity index (χ2n) is 5.08. The Kier molecular flexibility index (Phi) is 2.70. The van der Waals surface area contributed by atoms with E-state index in [2.05, 4.69) is 61.3 Å². The van der Waals surface area contributed by atoms with Crippen LogP contribution in [-0.2, 0) is 0 Å². The SMILES string of the molecule is CC1CNC(C)(C)CN1c1ccccc1. The van der Waals surface area contributed by atoms with E-state index in [1.54, 1.807) is 0 Å². The summed E-state index contributed by atoms with van der Waals surface area (Å²) in [5.41, 5.74) is 1.54.